The second-order valence-corrected chi connectivity index (χ2v) is 13.7. The minimum atomic E-state index is -4.30. The molecule has 0 heterocycles. The van der Waals surface area contributed by atoms with Crippen LogP contribution >= 0.6 is 34.8 Å². The normalized spacial score (nSPS) is 14.5. The summed E-state index contributed by atoms with van der Waals surface area (Å²) in [5.41, 5.74) is 0.621. The van der Waals surface area contributed by atoms with Crippen LogP contribution in [0.1, 0.15) is 51.5 Å². The van der Waals surface area contributed by atoms with Crippen molar-refractivity contribution in [3.8, 4) is 5.75 Å². The van der Waals surface area contributed by atoms with Crippen LogP contribution < -0.4 is 14.4 Å². The average Bonchev–Trinajstić information content (AvgIpc) is 3.00. The van der Waals surface area contributed by atoms with Crippen LogP contribution in [0.2, 0.25) is 15.1 Å². The van der Waals surface area contributed by atoms with Crippen LogP contribution in [0.4, 0.5) is 5.69 Å². The third-order valence-corrected chi connectivity index (χ3v) is 10.4. The summed E-state index contributed by atoms with van der Waals surface area (Å²) in [7, 11) is -4.30. The molecule has 0 saturated heterocycles. The van der Waals surface area contributed by atoms with Crippen molar-refractivity contribution in [1.82, 2.24) is 10.2 Å². The Morgan fingerprint density at radius 2 is 1.57 bits per heavy atom. The zero-order valence-corrected chi connectivity index (χ0v) is 27.7. The molecule has 1 fully saturated rings. The lowest BCUT2D eigenvalue weighted by Crippen LogP contribution is -2.53. The van der Waals surface area contributed by atoms with Gasteiger partial charge in [0.05, 0.1) is 17.2 Å². The monoisotopic (exact) mass is 679 g/mol. The van der Waals surface area contributed by atoms with Crippen LogP contribution in [0.15, 0.2) is 71.6 Å². The van der Waals surface area contributed by atoms with Crippen LogP contribution in [0, 0.1) is 0 Å². The van der Waals surface area contributed by atoms with Gasteiger partial charge >= 0.3 is 0 Å². The Bertz CT molecular complexity index is 1540. The number of carbonyl (C=O) groups excluding carboxylic acids is 2. The number of benzene rings is 3. The summed E-state index contributed by atoms with van der Waals surface area (Å²) in [5, 5.41) is 4.08. The Balaban J connectivity index is 1.75. The Kier molecular flexibility index (Phi) is 11.8. The molecule has 236 valence electrons. The van der Waals surface area contributed by atoms with E-state index in [0.717, 1.165) is 36.4 Å². The Morgan fingerprint density at radius 1 is 0.932 bits per heavy atom. The number of para-hydroxylation sites is 2. The van der Waals surface area contributed by atoms with E-state index in [1.807, 2.05) is 0 Å². The second kappa shape index (κ2) is 15.3. The molecule has 1 saturated carbocycles. The summed E-state index contributed by atoms with van der Waals surface area (Å²) in [6, 6.07) is 16.3. The van der Waals surface area contributed by atoms with E-state index in [-0.39, 0.29) is 41.4 Å². The maximum atomic E-state index is 14.3. The molecular weight excluding hydrogens is 645 g/mol. The molecule has 0 radical (unpaired) electrons. The van der Waals surface area contributed by atoms with Crippen LogP contribution in [-0.4, -0.2) is 50.4 Å². The number of nitrogens with one attached hydrogen (secondary N) is 1. The van der Waals surface area contributed by atoms with Crippen LogP contribution in [0.3, 0.4) is 0 Å². The molecule has 2 amide bonds. The molecule has 1 N–H and O–H groups in total. The topological polar surface area (TPSA) is 96.0 Å². The highest BCUT2D eigenvalue weighted by Crippen LogP contribution is 2.34. The summed E-state index contributed by atoms with van der Waals surface area (Å²) in [6.45, 7) is 2.93. The summed E-state index contributed by atoms with van der Waals surface area (Å²) in [4.78, 5) is 29.1. The number of amides is 2. The highest BCUT2D eigenvalue weighted by molar-refractivity contribution is 7.92. The van der Waals surface area contributed by atoms with Gasteiger partial charge in [-0.2, -0.15) is 0 Å². The van der Waals surface area contributed by atoms with E-state index in [9.17, 15) is 18.0 Å². The minimum Gasteiger partial charge on any atom is -0.492 e. The van der Waals surface area contributed by atoms with Gasteiger partial charge in [-0.1, -0.05) is 72.3 Å². The Labute approximate surface area is 274 Å². The Morgan fingerprint density at radius 3 is 2.20 bits per heavy atom. The molecule has 1 unspecified atom stereocenters. The summed E-state index contributed by atoms with van der Waals surface area (Å²) in [6.07, 6.45) is 4.90. The summed E-state index contributed by atoms with van der Waals surface area (Å²) >= 11 is 19.0. The van der Waals surface area contributed by atoms with Gasteiger partial charge in [-0.25, -0.2) is 8.42 Å². The van der Waals surface area contributed by atoms with Crippen LogP contribution in [0.25, 0.3) is 0 Å². The summed E-state index contributed by atoms with van der Waals surface area (Å²) in [5.74, 6) is -0.685. The fraction of sp³-hybridized carbons (Fsp3) is 0.375. The molecule has 0 aliphatic heterocycles. The number of hydrogen-bond acceptors (Lipinski definition) is 5. The second-order valence-electron chi connectivity index (χ2n) is 10.6. The number of halogens is 3. The number of carbonyl (C=O) groups is 2. The first-order valence-electron chi connectivity index (χ1n) is 14.6. The van der Waals surface area contributed by atoms with Crippen molar-refractivity contribution < 1.29 is 22.7 Å². The predicted octanol–water partition coefficient (Wildman–Crippen LogP) is 7.11. The first-order valence-corrected chi connectivity index (χ1v) is 17.1. The maximum Gasteiger partial charge on any atom is 0.264 e. The molecule has 4 rings (SSSR count). The molecule has 1 aliphatic rings. The molecular formula is C32H36Cl3N3O5S. The van der Waals surface area contributed by atoms with Crippen LogP contribution in [0.5, 0.6) is 5.75 Å². The van der Waals surface area contributed by atoms with Crippen molar-refractivity contribution in [2.24, 2.45) is 0 Å². The van der Waals surface area contributed by atoms with E-state index in [2.05, 4.69) is 5.32 Å². The molecule has 44 heavy (non-hydrogen) atoms. The van der Waals surface area contributed by atoms with E-state index >= 15 is 0 Å². The van der Waals surface area contributed by atoms with E-state index in [0.29, 0.717) is 20.6 Å². The highest BCUT2D eigenvalue weighted by atomic mass is 35.5. The van der Waals surface area contributed by atoms with Crippen molar-refractivity contribution in [1.29, 1.82) is 0 Å². The van der Waals surface area contributed by atoms with Gasteiger partial charge in [0.15, 0.2) is 0 Å². The lowest BCUT2D eigenvalue weighted by molar-refractivity contribution is -0.139. The Hall–Kier alpha value is -2.98. The molecule has 3 aromatic carbocycles. The zero-order valence-electron chi connectivity index (χ0n) is 24.6. The van der Waals surface area contributed by atoms with Crippen LogP contribution in [-0.2, 0) is 26.2 Å². The number of sulfonamides is 1. The first-order chi connectivity index (χ1) is 21.0. The lowest BCUT2D eigenvalue weighted by Gasteiger charge is -2.34. The molecule has 1 atom stereocenters. The van der Waals surface area contributed by atoms with Crippen molar-refractivity contribution in [3.05, 3.63) is 87.4 Å². The van der Waals surface area contributed by atoms with Gasteiger partial charge in [0.25, 0.3) is 10.0 Å². The molecule has 3 aromatic rings. The maximum absolute atomic E-state index is 14.3. The molecule has 12 heteroatoms. The van der Waals surface area contributed by atoms with Gasteiger partial charge < -0.3 is 15.0 Å². The average molecular weight is 681 g/mol. The highest BCUT2D eigenvalue weighted by Gasteiger charge is 2.35. The molecule has 0 bridgehead atoms. The van der Waals surface area contributed by atoms with Crippen molar-refractivity contribution in [3.63, 3.8) is 0 Å². The van der Waals surface area contributed by atoms with Crippen molar-refractivity contribution >= 4 is 62.3 Å². The first kappa shape index (κ1) is 33.9. The SMILES string of the molecule is CCOc1ccccc1N(CC(=O)N(Cc1c(Cl)cccc1Cl)C(C)C(=O)NC1CCCCC1)S(=O)(=O)c1ccc(Cl)cc1. The third kappa shape index (κ3) is 8.18. The molecule has 1 aliphatic carbocycles. The van der Waals surface area contributed by atoms with Gasteiger partial charge in [0, 0.05) is 33.2 Å². The van der Waals surface area contributed by atoms with Gasteiger partial charge in [0.1, 0.15) is 18.3 Å². The number of hydrogen-bond donors (Lipinski definition) is 1. The predicted molar refractivity (Wildman–Crippen MR) is 175 cm³/mol. The van der Waals surface area contributed by atoms with Gasteiger partial charge in [-0.05, 0) is 75.2 Å². The fourth-order valence-electron chi connectivity index (χ4n) is 5.19. The third-order valence-electron chi connectivity index (χ3n) is 7.62. The minimum absolute atomic E-state index is 0.0133. The van der Waals surface area contributed by atoms with Gasteiger partial charge in [-0.3, -0.25) is 13.9 Å². The fourth-order valence-corrected chi connectivity index (χ4v) is 7.26. The lowest BCUT2D eigenvalue weighted by atomic mass is 9.95. The standard InChI is InChI=1S/C32H36Cl3N3O5S/c1-3-43-30-15-8-7-14-29(30)38(44(41,42)25-18-16-23(33)17-19-25)21-31(39)37(20-26-27(34)12-9-13-28(26)35)22(2)32(40)36-24-10-5-4-6-11-24/h7-9,12-19,22,24H,3-6,10-11,20-21H2,1-2H3,(H,36,40). The number of nitrogens with zero attached hydrogens (tertiary/aromatic N) is 2. The van der Waals surface area contributed by atoms with E-state index < -0.39 is 28.5 Å². The zero-order chi connectivity index (χ0) is 31.9. The number of anilines is 1. The molecule has 8 nitrogen and oxygen atoms in total. The molecule has 0 spiro atoms. The smallest absolute Gasteiger partial charge is 0.264 e. The molecule has 0 aromatic heterocycles. The number of rotatable bonds is 12. The van der Waals surface area contributed by atoms with E-state index in [1.54, 1.807) is 56.3 Å². The van der Waals surface area contributed by atoms with Gasteiger partial charge in [-0.15, -0.1) is 0 Å². The van der Waals surface area contributed by atoms with Crippen molar-refractivity contribution in [2.75, 3.05) is 17.5 Å². The largest absolute Gasteiger partial charge is 0.492 e. The summed E-state index contributed by atoms with van der Waals surface area (Å²) < 4.78 is 35.0. The van der Waals surface area contributed by atoms with E-state index in [4.69, 9.17) is 39.5 Å². The van der Waals surface area contributed by atoms with Gasteiger partial charge in [0.2, 0.25) is 11.8 Å². The quantitative estimate of drug-likeness (QED) is 0.220. The van der Waals surface area contributed by atoms with E-state index in [1.165, 1.54) is 29.2 Å². The van der Waals surface area contributed by atoms with Crippen molar-refractivity contribution in [2.45, 2.75) is 69.5 Å². The number of ether oxygens (including phenoxy) is 1.